The zero-order valence-corrected chi connectivity index (χ0v) is 9.79. The minimum atomic E-state index is -1.47. The number of rotatable bonds is 3. The maximum atomic E-state index is 10.9. The van der Waals surface area contributed by atoms with Crippen LogP contribution in [0.25, 0.3) is 10.9 Å². The second-order valence-corrected chi connectivity index (χ2v) is 4.34. The van der Waals surface area contributed by atoms with E-state index in [1.54, 1.807) is 6.20 Å². The number of aliphatic hydroxyl groups excluding tert-OH is 1. The average Bonchev–Trinajstić information content (AvgIpc) is 2.67. The van der Waals surface area contributed by atoms with Crippen LogP contribution < -0.4 is 0 Å². The average molecular weight is 233 g/mol. The molecule has 4 nitrogen and oxygen atoms in total. The molecule has 0 saturated carbocycles. The van der Waals surface area contributed by atoms with Crippen molar-refractivity contribution in [1.29, 1.82) is 0 Å². The minimum absolute atomic E-state index is 0.217. The number of hydrogen-bond donors (Lipinski definition) is 2. The van der Waals surface area contributed by atoms with Crippen LogP contribution in [-0.2, 0) is 4.79 Å². The third-order valence-corrected chi connectivity index (χ3v) is 2.86. The van der Waals surface area contributed by atoms with Gasteiger partial charge in [0.05, 0.1) is 0 Å². The molecule has 90 valence electrons. The fourth-order valence-electron chi connectivity index (χ4n) is 2.01. The Kier molecular flexibility index (Phi) is 2.90. The number of benzene rings is 1. The number of aromatic nitrogens is 1. The van der Waals surface area contributed by atoms with Gasteiger partial charge in [-0.05, 0) is 19.9 Å². The first kappa shape index (κ1) is 11.7. The van der Waals surface area contributed by atoms with E-state index < -0.39 is 12.1 Å². The highest BCUT2D eigenvalue weighted by Crippen LogP contribution is 2.28. The van der Waals surface area contributed by atoms with Crippen LogP contribution in [-0.4, -0.2) is 20.7 Å². The van der Waals surface area contributed by atoms with Gasteiger partial charge in [0.25, 0.3) is 0 Å². The summed E-state index contributed by atoms with van der Waals surface area (Å²) < 4.78 is 1.97. The first-order chi connectivity index (χ1) is 8.02. The molecule has 0 saturated heterocycles. The molecule has 2 aromatic rings. The maximum Gasteiger partial charge on any atom is 0.337 e. The molecule has 0 bridgehead atoms. The monoisotopic (exact) mass is 233 g/mol. The number of hydrogen-bond acceptors (Lipinski definition) is 2. The molecule has 1 aromatic heterocycles. The molecule has 1 aromatic carbocycles. The molecule has 2 rings (SSSR count). The van der Waals surface area contributed by atoms with Crippen LogP contribution in [0.3, 0.4) is 0 Å². The summed E-state index contributed by atoms with van der Waals surface area (Å²) in [5.74, 6) is -1.23. The highest BCUT2D eigenvalue weighted by atomic mass is 16.4. The van der Waals surface area contributed by atoms with E-state index in [0.717, 1.165) is 10.9 Å². The first-order valence-corrected chi connectivity index (χ1v) is 5.52. The van der Waals surface area contributed by atoms with Crippen molar-refractivity contribution >= 4 is 16.9 Å². The molecular formula is C13H15NO3. The van der Waals surface area contributed by atoms with Gasteiger partial charge in [0.2, 0.25) is 0 Å². The van der Waals surface area contributed by atoms with Gasteiger partial charge in [0.1, 0.15) is 0 Å². The minimum Gasteiger partial charge on any atom is -0.479 e. The third kappa shape index (κ3) is 1.91. The molecule has 0 amide bonds. The molecule has 0 aliphatic heterocycles. The van der Waals surface area contributed by atoms with E-state index in [0.29, 0.717) is 5.56 Å². The molecule has 1 heterocycles. The fraction of sp³-hybridized carbons (Fsp3) is 0.308. The van der Waals surface area contributed by atoms with E-state index in [4.69, 9.17) is 5.11 Å². The largest absolute Gasteiger partial charge is 0.479 e. The Bertz CT molecular complexity index is 557. The van der Waals surface area contributed by atoms with Crippen LogP contribution in [0.15, 0.2) is 30.5 Å². The Morgan fingerprint density at radius 1 is 1.29 bits per heavy atom. The lowest BCUT2D eigenvalue weighted by atomic mass is 10.1. The number of fused-ring (bicyclic) bond motifs is 1. The van der Waals surface area contributed by atoms with Crippen molar-refractivity contribution in [3.8, 4) is 0 Å². The third-order valence-electron chi connectivity index (χ3n) is 2.86. The summed E-state index contributed by atoms with van der Waals surface area (Å²) in [7, 11) is 0. The summed E-state index contributed by atoms with van der Waals surface area (Å²) in [6, 6.07) is 7.71. The maximum absolute atomic E-state index is 10.9. The van der Waals surface area contributed by atoms with E-state index in [2.05, 4.69) is 0 Å². The van der Waals surface area contributed by atoms with Crippen molar-refractivity contribution in [1.82, 2.24) is 4.57 Å². The van der Waals surface area contributed by atoms with E-state index in [1.807, 2.05) is 42.7 Å². The van der Waals surface area contributed by atoms with Gasteiger partial charge in [-0.15, -0.1) is 0 Å². The van der Waals surface area contributed by atoms with Crippen LogP contribution in [0.1, 0.15) is 31.6 Å². The highest BCUT2D eigenvalue weighted by molar-refractivity contribution is 5.89. The number of aliphatic hydroxyl groups is 1. The zero-order valence-electron chi connectivity index (χ0n) is 9.79. The zero-order chi connectivity index (χ0) is 12.6. The van der Waals surface area contributed by atoms with Crippen molar-refractivity contribution in [2.75, 3.05) is 0 Å². The predicted molar refractivity (Wildman–Crippen MR) is 64.9 cm³/mol. The molecule has 0 radical (unpaired) electrons. The first-order valence-electron chi connectivity index (χ1n) is 5.52. The molecule has 1 unspecified atom stereocenters. The van der Waals surface area contributed by atoms with Gasteiger partial charge in [0, 0.05) is 28.7 Å². The van der Waals surface area contributed by atoms with Crippen molar-refractivity contribution in [3.05, 3.63) is 36.0 Å². The summed E-state index contributed by atoms with van der Waals surface area (Å²) in [4.78, 5) is 10.9. The Balaban J connectivity index is 2.68. The lowest BCUT2D eigenvalue weighted by Crippen LogP contribution is -2.10. The van der Waals surface area contributed by atoms with Gasteiger partial charge in [-0.1, -0.05) is 18.2 Å². The van der Waals surface area contributed by atoms with E-state index in [9.17, 15) is 9.90 Å². The van der Waals surface area contributed by atoms with Gasteiger partial charge in [0.15, 0.2) is 6.10 Å². The summed E-state index contributed by atoms with van der Waals surface area (Å²) in [6.45, 7) is 4.03. The van der Waals surface area contributed by atoms with E-state index in [-0.39, 0.29) is 6.04 Å². The molecule has 0 spiro atoms. The molecule has 4 heteroatoms. The molecule has 0 aliphatic rings. The lowest BCUT2D eigenvalue weighted by Gasteiger charge is -2.08. The highest BCUT2D eigenvalue weighted by Gasteiger charge is 2.21. The van der Waals surface area contributed by atoms with Gasteiger partial charge in [-0.25, -0.2) is 4.79 Å². The summed E-state index contributed by atoms with van der Waals surface area (Å²) in [5, 5.41) is 19.3. The van der Waals surface area contributed by atoms with Crippen LogP contribution in [0.5, 0.6) is 0 Å². The van der Waals surface area contributed by atoms with Gasteiger partial charge >= 0.3 is 5.97 Å². The SMILES string of the molecule is CC(C)n1cc(C(O)C(=O)O)c2ccccc21. The van der Waals surface area contributed by atoms with Crippen molar-refractivity contribution < 1.29 is 15.0 Å². The Morgan fingerprint density at radius 3 is 2.53 bits per heavy atom. The Labute approximate surface area is 99.1 Å². The second kappa shape index (κ2) is 4.22. The molecule has 1 atom stereocenters. The standard InChI is InChI=1S/C13H15NO3/c1-8(2)14-7-10(12(15)13(16)17)9-5-3-4-6-11(9)14/h3-8,12,15H,1-2H3,(H,16,17). The smallest absolute Gasteiger partial charge is 0.337 e. The Morgan fingerprint density at radius 2 is 1.94 bits per heavy atom. The second-order valence-electron chi connectivity index (χ2n) is 4.34. The Hall–Kier alpha value is -1.81. The number of carbonyl (C=O) groups is 1. The van der Waals surface area contributed by atoms with Crippen LogP contribution in [0.4, 0.5) is 0 Å². The topological polar surface area (TPSA) is 62.5 Å². The lowest BCUT2D eigenvalue weighted by molar-refractivity contribution is -0.146. The van der Waals surface area contributed by atoms with Crippen molar-refractivity contribution in [2.24, 2.45) is 0 Å². The molecule has 2 N–H and O–H groups in total. The molecular weight excluding hydrogens is 218 g/mol. The number of aliphatic carboxylic acids is 1. The number of para-hydroxylation sites is 1. The quantitative estimate of drug-likeness (QED) is 0.855. The van der Waals surface area contributed by atoms with Crippen molar-refractivity contribution in [3.63, 3.8) is 0 Å². The normalized spacial score (nSPS) is 13.2. The van der Waals surface area contributed by atoms with E-state index >= 15 is 0 Å². The van der Waals surface area contributed by atoms with Gasteiger partial charge < -0.3 is 14.8 Å². The summed E-state index contributed by atoms with van der Waals surface area (Å²) >= 11 is 0. The van der Waals surface area contributed by atoms with Crippen molar-refractivity contribution in [2.45, 2.75) is 26.0 Å². The van der Waals surface area contributed by atoms with Crippen LogP contribution in [0.2, 0.25) is 0 Å². The molecule has 17 heavy (non-hydrogen) atoms. The predicted octanol–water partition coefficient (Wildman–Crippen LogP) is 2.34. The summed E-state index contributed by atoms with van der Waals surface area (Å²) in [6.07, 6.45) is 0.244. The van der Waals surface area contributed by atoms with Crippen LogP contribution in [0, 0.1) is 0 Å². The molecule has 0 fully saturated rings. The van der Waals surface area contributed by atoms with E-state index in [1.165, 1.54) is 0 Å². The summed E-state index contributed by atoms with van der Waals surface area (Å²) in [5.41, 5.74) is 1.39. The fourth-order valence-corrected chi connectivity index (χ4v) is 2.01. The molecule has 0 aliphatic carbocycles. The van der Waals surface area contributed by atoms with Gasteiger partial charge in [-0.2, -0.15) is 0 Å². The van der Waals surface area contributed by atoms with Gasteiger partial charge in [-0.3, -0.25) is 0 Å². The number of carboxylic acids is 1. The number of carboxylic acid groups (broad SMARTS) is 1. The van der Waals surface area contributed by atoms with Crippen LogP contribution >= 0.6 is 0 Å². The number of nitrogens with zero attached hydrogens (tertiary/aromatic N) is 1.